The molecule has 0 radical (unpaired) electrons. The number of aromatic hydroxyl groups is 1. The molecule has 6 nitrogen and oxygen atoms in total. The molecule has 2 N–H and O–H groups in total. The van der Waals surface area contributed by atoms with Crippen molar-refractivity contribution in [2.75, 3.05) is 5.33 Å². The first kappa shape index (κ1) is 33.5. The van der Waals surface area contributed by atoms with E-state index >= 15 is 0 Å². The van der Waals surface area contributed by atoms with E-state index in [2.05, 4.69) is 182 Å². The summed E-state index contributed by atoms with van der Waals surface area (Å²) in [7, 11) is 0. The molecule has 0 fully saturated rings. The second-order valence-corrected chi connectivity index (χ2v) is 14.3. The summed E-state index contributed by atoms with van der Waals surface area (Å²) in [4.78, 5) is 13.3. The van der Waals surface area contributed by atoms with Crippen molar-refractivity contribution in [3.8, 4) is 39.5 Å². The average Bonchev–Trinajstić information content (AvgIpc) is 3.84. The lowest BCUT2D eigenvalue weighted by Crippen LogP contribution is -2.38. The number of nitrogens with zero attached hydrogens (tertiary/aromatic N) is 4. The van der Waals surface area contributed by atoms with E-state index in [0.717, 1.165) is 84.7 Å². The number of aromatic nitrogens is 5. The SMILES string of the molecule is Oc1cncc(-c2ccc3c(c2)c(-c2nc4c(-c5cccc(CCCBr)c5)cccc4[nH]2)nn3C(c2ccccc2)(c2ccccc2)c2ccccc2)c1. The summed E-state index contributed by atoms with van der Waals surface area (Å²) in [6, 6.07) is 54.9. The Morgan fingerprint density at radius 2 is 1.33 bits per heavy atom. The van der Waals surface area contributed by atoms with Gasteiger partial charge < -0.3 is 10.1 Å². The van der Waals surface area contributed by atoms with E-state index in [1.807, 2.05) is 0 Å². The van der Waals surface area contributed by atoms with E-state index in [-0.39, 0.29) is 5.75 Å². The molecule has 0 amide bonds. The van der Waals surface area contributed by atoms with Crippen LogP contribution >= 0.6 is 15.9 Å². The van der Waals surface area contributed by atoms with Gasteiger partial charge in [-0.25, -0.2) is 9.67 Å². The molecule has 0 aliphatic rings. The van der Waals surface area contributed by atoms with Gasteiger partial charge in [0.15, 0.2) is 5.82 Å². The third-order valence-corrected chi connectivity index (χ3v) is 10.8. The van der Waals surface area contributed by atoms with Gasteiger partial charge >= 0.3 is 0 Å². The van der Waals surface area contributed by atoms with Gasteiger partial charge in [-0.2, -0.15) is 5.10 Å². The van der Waals surface area contributed by atoms with Gasteiger partial charge in [0.25, 0.3) is 0 Å². The smallest absolute Gasteiger partial charge is 0.159 e. The molecule has 9 aromatic rings. The van der Waals surface area contributed by atoms with Crippen molar-refractivity contribution >= 4 is 37.9 Å². The molecule has 262 valence electrons. The zero-order valence-corrected chi connectivity index (χ0v) is 31.0. The highest BCUT2D eigenvalue weighted by Crippen LogP contribution is 2.45. The predicted octanol–water partition coefficient (Wildman–Crippen LogP) is 11.2. The molecule has 0 atom stereocenters. The highest BCUT2D eigenvalue weighted by Gasteiger charge is 2.41. The van der Waals surface area contributed by atoms with Crippen LogP contribution in [-0.2, 0) is 12.0 Å². The number of benzene rings is 6. The van der Waals surface area contributed by atoms with Crippen LogP contribution in [0.3, 0.4) is 0 Å². The second-order valence-electron chi connectivity index (χ2n) is 13.5. The fourth-order valence-corrected chi connectivity index (χ4v) is 8.04. The molecular weight excluding hydrogens is 730 g/mol. The Balaban J connectivity index is 1.34. The van der Waals surface area contributed by atoms with E-state index in [0.29, 0.717) is 5.82 Å². The summed E-state index contributed by atoms with van der Waals surface area (Å²) in [6.45, 7) is 0. The normalized spacial score (nSPS) is 11.7. The maximum Gasteiger partial charge on any atom is 0.159 e. The molecule has 3 heterocycles. The number of nitrogens with one attached hydrogen (secondary N) is 1. The lowest BCUT2D eigenvalue weighted by atomic mass is 9.77. The largest absolute Gasteiger partial charge is 0.506 e. The minimum Gasteiger partial charge on any atom is -0.506 e. The van der Waals surface area contributed by atoms with Crippen molar-refractivity contribution in [3.63, 3.8) is 0 Å². The molecule has 6 aromatic carbocycles. The number of para-hydroxylation sites is 1. The number of alkyl halides is 1. The van der Waals surface area contributed by atoms with Crippen LogP contribution in [0.15, 0.2) is 170 Å². The lowest BCUT2D eigenvalue weighted by molar-refractivity contribution is 0.473. The molecule has 0 saturated carbocycles. The average molecular weight is 767 g/mol. The molecular formula is C47H36BrN5O. The van der Waals surface area contributed by atoms with Gasteiger partial charge in [0.1, 0.15) is 17.0 Å². The first-order valence-electron chi connectivity index (χ1n) is 18.1. The van der Waals surface area contributed by atoms with Gasteiger partial charge in [-0.15, -0.1) is 0 Å². The second kappa shape index (κ2) is 14.3. The van der Waals surface area contributed by atoms with Crippen molar-refractivity contribution < 1.29 is 5.11 Å². The zero-order chi connectivity index (χ0) is 36.5. The van der Waals surface area contributed by atoms with Crippen LogP contribution in [0, 0.1) is 0 Å². The maximum atomic E-state index is 10.4. The molecule has 0 aliphatic heterocycles. The third kappa shape index (κ3) is 5.87. The minimum atomic E-state index is -0.846. The Labute approximate surface area is 322 Å². The number of halogens is 1. The van der Waals surface area contributed by atoms with Gasteiger partial charge in [-0.05, 0) is 70.5 Å². The van der Waals surface area contributed by atoms with Crippen molar-refractivity contribution in [1.82, 2.24) is 24.7 Å². The molecule has 0 spiro atoms. The maximum absolute atomic E-state index is 10.4. The fourth-order valence-electron chi connectivity index (χ4n) is 7.76. The number of hydrogen-bond donors (Lipinski definition) is 2. The van der Waals surface area contributed by atoms with Crippen LogP contribution < -0.4 is 0 Å². The van der Waals surface area contributed by atoms with E-state index in [1.54, 1.807) is 12.3 Å². The first-order chi connectivity index (χ1) is 26.6. The number of hydrogen-bond acceptors (Lipinski definition) is 4. The van der Waals surface area contributed by atoms with Crippen LogP contribution in [0.2, 0.25) is 0 Å². The first-order valence-corrected chi connectivity index (χ1v) is 19.2. The van der Waals surface area contributed by atoms with Crippen molar-refractivity contribution in [1.29, 1.82) is 0 Å². The molecule has 0 bridgehead atoms. The Kier molecular flexibility index (Phi) is 8.85. The molecule has 54 heavy (non-hydrogen) atoms. The highest BCUT2D eigenvalue weighted by atomic mass is 79.9. The van der Waals surface area contributed by atoms with Gasteiger partial charge in [-0.1, -0.05) is 149 Å². The van der Waals surface area contributed by atoms with E-state index in [1.165, 1.54) is 11.8 Å². The predicted molar refractivity (Wildman–Crippen MR) is 222 cm³/mol. The van der Waals surface area contributed by atoms with E-state index in [4.69, 9.17) is 10.1 Å². The third-order valence-electron chi connectivity index (χ3n) is 10.2. The molecule has 0 aliphatic carbocycles. The van der Waals surface area contributed by atoms with Gasteiger partial charge in [0, 0.05) is 28.0 Å². The van der Waals surface area contributed by atoms with Gasteiger partial charge in [0.2, 0.25) is 0 Å². The topological polar surface area (TPSA) is 79.6 Å². The van der Waals surface area contributed by atoms with Gasteiger partial charge in [-0.3, -0.25) is 4.98 Å². The Hall–Kier alpha value is -6.31. The summed E-state index contributed by atoms with van der Waals surface area (Å²) in [6.07, 6.45) is 5.30. The number of fused-ring (bicyclic) bond motifs is 2. The van der Waals surface area contributed by atoms with Gasteiger partial charge in [0.05, 0.1) is 22.7 Å². The quantitative estimate of drug-likeness (QED) is 0.107. The molecule has 3 aromatic heterocycles. The number of aromatic amines is 1. The Morgan fingerprint density at radius 1 is 0.648 bits per heavy atom. The zero-order valence-electron chi connectivity index (χ0n) is 29.4. The molecule has 7 heteroatoms. The number of pyridine rings is 1. The number of H-pyrrole nitrogens is 1. The fraction of sp³-hybridized carbons (Fsp3) is 0.0851. The monoisotopic (exact) mass is 765 g/mol. The molecule has 0 unspecified atom stereocenters. The molecule has 0 saturated heterocycles. The summed E-state index contributed by atoms with van der Waals surface area (Å²) >= 11 is 3.58. The van der Waals surface area contributed by atoms with Crippen LogP contribution in [0.25, 0.3) is 55.7 Å². The van der Waals surface area contributed by atoms with E-state index in [9.17, 15) is 5.11 Å². The van der Waals surface area contributed by atoms with Crippen LogP contribution in [-0.4, -0.2) is 35.2 Å². The van der Waals surface area contributed by atoms with Crippen LogP contribution in [0.4, 0.5) is 0 Å². The number of rotatable bonds is 10. The van der Waals surface area contributed by atoms with Crippen molar-refractivity contribution in [2.45, 2.75) is 18.4 Å². The highest BCUT2D eigenvalue weighted by molar-refractivity contribution is 9.09. The summed E-state index contributed by atoms with van der Waals surface area (Å²) in [5.74, 6) is 0.784. The summed E-state index contributed by atoms with van der Waals surface area (Å²) < 4.78 is 2.17. The van der Waals surface area contributed by atoms with E-state index < -0.39 is 5.54 Å². The Morgan fingerprint density at radius 3 is 2.00 bits per heavy atom. The lowest BCUT2D eigenvalue weighted by Gasteiger charge is -2.37. The van der Waals surface area contributed by atoms with Crippen LogP contribution in [0.5, 0.6) is 5.75 Å². The van der Waals surface area contributed by atoms with Crippen molar-refractivity contribution in [3.05, 3.63) is 192 Å². The summed E-state index contributed by atoms with van der Waals surface area (Å²) in [5, 5.41) is 17.9. The number of aryl methyl sites for hydroxylation is 1. The van der Waals surface area contributed by atoms with Crippen LogP contribution in [0.1, 0.15) is 28.7 Å². The minimum absolute atomic E-state index is 0.112. The number of imidazole rings is 1. The Bertz CT molecular complexity index is 2630. The van der Waals surface area contributed by atoms with Crippen molar-refractivity contribution in [2.24, 2.45) is 0 Å². The standard InChI is InChI=1S/C47H36BrN5O/c48-26-12-14-32-13-10-15-34(27-32)40-22-11-23-42-44(40)51-46(50-42)45-41-29-33(35-28-39(54)31-49-30-35)24-25-43(41)53(52-45)47(36-16-4-1-5-17-36,37-18-6-2-7-19-37)38-20-8-3-9-21-38/h1-11,13,15-25,27-31,54H,12,14,26H2,(H,50,51). The summed E-state index contributed by atoms with van der Waals surface area (Å²) in [5.41, 5.74) is 11.1. The molecule has 9 rings (SSSR count).